The Kier molecular flexibility index (Phi) is 4.98. The van der Waals surface area contributed by atoms with E-state index in [-0.39, 0.29) is 17.8 Å². The first kappa shape index (κ1) is 20.1. The van der Waals surface area contributed by atoms with Crippen LogP contribution in [-0.4, -0.2) is 23.8 Å². The lowest BCUT2D eigenvalue weighted by atomic mass is 9.68. The smallest absolute Gasteiger partial charge is 0.0882 e. The third-order valence-electron chi connectivity index (χ3n) is 7.35. The van der Waals surface area contributed by atoms with Gasteiger partial charge in [-0.3, -0.25) is 0 Å². The van der Waals surface area contributed by atoms with E-state index in [1.807, 2.05) is 0 Å². The topological polar surface area (TPSA) is 23.5 Å². The van der Waals surface area contributed by atoms with E-state index < -0.39 is 5.60 Å². The Labute approximate surface area is 185 Å². The zero-order valence-electron chi connectivity index (χ0n) is 18.6. The van der Waals surface area contributed by atoms with Gasteiger partial charge in [-0.25, -0.2) is 0 Å². The van der Waals surface area contributed by atoms with Crippen molar-refractivity contribution in [2.45, 2.75) is 38.2 Å². The molecule has 1 aliphatic carbocycles. The summed E-state index contributed by atoms with van der Waals surface area (Å²) in [5.74, 6) is 0.134. The highest BCUT2D eigenvalue weighted by atomic mass is 16.3. The number of aliphatic hydroxyl groups is 1. The maximum atomic E-state index is 12.4. The van der Waals surface area contributed by atoms with Crippen LogP contribution in [0.4, 0.5) is 5.69 Å². The predicted molar refractivity (Wildman–Crippen MR) is 129 cm³/mol. The van der Waals surface area contributed by atoms with Gasteiger partial charge in [-0.2, -0.15) is 0 Å². The minimum absolute atomic E-state index is 0.00403. The fourth-order valence-electron chi connectivity index (χ4n) is 5.78. The summed E-state index contributed by atoms with van der Waals surface area (Å²) in [6, 6.07) is 30.1. The molecule has 0 radical (unpaired) electrons. The standard InChI is InChI=1S/C29H31NO/c1-20(2)29(31)27(22-10-6-4-7-11-22)25-18-30(24-16-14-21(3)15-17-24)19-26(25)28(29)23-12-8-5-9-13-23/h4-17,20,27-28,31H,18-19H2,1-3H3/t27-,28-/m1/s1. The van der Waals surface area contributed by atoms with E-state index in [0.717, 1.165) is 13.1 Å². The molecule has 0 spiro atoms. The molecule has 0 saturated heterocycles. The molecule has 2 aliphatic rings. The van der Waals surface area contributed by atoms with Crippen LogP contribution in [0, 0.1) is 12.8 Å². The predicted octanol–water partition coefficient (Wildman–Crippen LogP) is 6.08. The van der Waals surface area contributed by atoms with Crippen molar-refractivity contribution >= 4 is 5.69 Å². The lowest BCUT2D eigenvalue weighted by molar-refractivity contribution is -0.0275. The summed E-state index contributed by atoms with van der Waals surface area (Å²) in [4.78, 5) is 2.47. The molecule has 1 heterocycles. The number of anilines is 1. The number of nitrogens with zero attached hydrogens (tertiary/aromatic N) is 1. The van der Waals surface area contributed by atoms with Crippen LogP contribution in [0.2, 0.25) is 0 Å². The quantitative estimate of drug-likeness (QED) is 0.528. The molecule has 0 unspecified atom stereocenters. The Morgan fingerprint density at radius 3 is 1.61 bits per heavy atom. The molecule has 1 N–H and O–H groups in total. The van der Waals surface area contributed by atoms with E-state index in [9.17, 15) is 5.11 Å². The van der Waals surface area contributed by atoms with Gasteiger partial charge in [0, 0.05) is 30.6 Å². The molecule has 2 nitrogen and oxygen atoms in total. The van der Waals surface area contributed by atoms with Crippen LogP contribution >= 0.6 is 0 Å². The van der Waals surface area contributed by atoms with Crippen LogP contribution in [0.15, 0.2) is 96.1 Å². The highest BCUT2D eigenvalue weighted by Crippen LogP contribution is 2.59. The molecule has 1 aliphatic heterocycles. The highest BCUT2D eigenvalue weighted by molar-refractivity contribution is 5.61. The van der Waals surface area contributed by atoms with E-state index >= 15 is 0 Å². The Morgan fingerprint density at radius 2 is 1.19 bits per heavy atom. The van der Waals surface area contributed by atoms with E-state index in [1.165, 1.54) is 33.5 Å². The molecular weight excluding hydrogens is 378 g/mol. The first-order valence-corrected chi connectivity index (χ1v) is 11.4. The summed E-state index contributed by atoms with van der Waals surface area (Å²) in [5.41, 5.74) is 6.93. The zero-order chi connectivity index (χ0) is 21.6. The largest absolute Gasteiger partial charge is 0.388 e. The van der Waals surface area contributed by atoms with Gasteiger partial charge in [0.25, 0.3) is 0 Å². The highest BCUT2D eigenvalue weighted by Gasteiger charge is 2.57. The fraction of sp³-hybridized carbons (Fsp3) is 0.310. The van der Waals surface area contributed by atoms with E-state index in [4.69, 9.17) is 0 Å². The second-order valence-electron chi connectivity index (χ2n) is 9.47. The molecule has 2 heteroatoms. The summed E-state index contributed by atoms with van der Waals surface area (Å²) in [5, 5.41) is 12.4. The fourth-order valence-corrected chi connectivity index (χ4v) is 5.78. The summed E-state index contributed by atoms with van der Waals surface area (Å²) < 4.78 is 0. The molecule has 0 bridgehead atoms. The van der Waals surface area contributed by atoms with Gasteiger partial charge in [0.05, 0.1) is 5.60 Å². The van der Waals surface area contributed by atoms with Crippen LogP contribution in [-0.2, 0) is 0 Å². The minimum atomic E-state index is -0.841. The van der Waals surface area contributed by atoms with Crippen molar-refractivity contribution in [2.75, 3.05) is 18.0 Å². The molecule has 0 aromatic heterocycles. The average Bonchev–Trinajstić information content (AvgIpc) is 3.30. The molecule has 2 atom stereocenters. The van der Waals surface area contributed by atoms with E-state index in [0.29, 0.717) is 0 Å². The monoisotopic (exact) mass is 409 g/mol. The number of benzene rings is 3. The van der Waals surface area contributed by atoms with Gasteiger partial charge in [-0.15, -0.1) is 0 Å². The van der Waals surface area contributed by atoms with E-state index in [1.54, 1.807) is 0 Å². The van der Waals surface area contributed by atoms with Gasteiger partial charge in [0.1, 0.15) is 0 Å². The molecule has 158 valence electrons. The molecular formula is C29H31NO. The van der Waals surface area contributed by atoms with Gasteiger partial charge in [-0.05, 0) is 47.2 Å². The van der Waals surface area contributed by atoms with Gasteiger partial charge < -0.3 is 10.0 Å². The molecule has 5 rings (SSSR count). The zero-order valence-corrected chi connectivity index (χ0v) is 18.6. The summed E-state index contributed by atoms with van der Waals surface area (Å²) >= 11 is 0. The van der Waals surface area contributed by atoms with Crippen LogP contribution < -0.4 is 4.90 Å². The lowest BCUT2D eigenvalue weighted by Crippen LogP contribution is -2.46. The molecule has 0 fully saturated rings. The van der Waals surface area contributed by atoms with Crippen molar-refractivity contribution < 1.29 is 5.11 Å². The lowest BCUT2D eigenvalue weighted by Gasteiger charge is -2.43. The summed E-state index contributed by atoms with van der Waals surface area (Å²) in [7, 11) is 0. The molecule has 3 aromatic carbocycles. The maximum absolute atomic E-state index is 12.4. The average molecular weight is 410 g/mol. The Morgan fingerprint density at radius 1 is 0.742 bits per heavy atom. The SMILES string of the molecule is Cc1ccc(N2CC3=C(C2)[C@@H](c2ccccc2)C(O)(C(C)C)[C@@H]3c2ccccc2)cc1. The van der Waals surface area contributed by atoms with Gasteiger partial charge >= 0.3 is 0 Å². The normalized spacial score (nSPS) is 22.3. The van der Waals surface area contributed by atoms with Crippen LogP contribution in [0.1, 0.15) is 42.4 Å². The molecule has 31 heavy (non-hydrogen) atoms. The maximum Gasteiger partial charge on any atom is 0.0882 e. The van der Waals surface area contributed by atoms with Gasteiger partial charge in [0.2, 0.25) is 0 Å². The Balaban J connectivity index is 1.64. The Hall–Kier alpha value is -2.84. The molecule has 3 aromatic rings. The van der Waals surface area contributed by atoms with Crippen molar-refractivity contribution in [3.63, 3.8) is 0 Å². The van der Waals surface area contributed by atoms with Crippen molar-refractivity contribution in [1.82, 2.24) is 0 Å². The molecule has 0 amide bonds. The third kappa shape index (κ3) is 3.21. The van der Waals surface area contributed by atoms with Crippen LogP contribution in [0.5, 0.6) is 0 Å². The number of rotatable bonds is 4. The number of hydrogen-bond acceptors (Lipinski definition) is 2. The second-order valence-corrected chi connectivity index (χ2v) is 9.47. The minimum Gasteiger partial charge on any atom is -0.388 e. The van der Waals surface area contributed by atoms with Crippen LogP contribution in [0.3, 0.4) is 0 Å². The molecule has 0 saturated carbocycles. The third-order valence-corrected chi connectivity index (χ3v) is 7.35. The summed E-state index contributed by atoms with van der Waals surface area (Å²) in [6.07, 6.45) is 0. The van der Waals surface area contributed by atoms with Crippen molar-refractivity contribution in [3.05, 3.63) is 113 Å². The first-order chi connectivity index (χ1) is 15.0. The number of aryl methyl sites for hydroxylation is 1. The van der Waals surface area contributed by atoms with E-state index in [2.05, 4.69) is 111 Å². The summed E-state index contributed by atoms with van der Waals surface area (Å²) in [6.45, 7) is 8.22. The van der Waals surface area contributed by atoms with Crippen molar-refractivity contribution in [3.8, 4) is 0 Å². The van der Waals surface area contributed by atoms with Crippen LogP contribution in [0.25, 0.3) is 0 Å². The van der Waals surface area contributed by atoms with Crippen molar-refractivity contribution in [2.24, 2.45) is 5.92 Å². The Bertz CT molecular complexity index is 1020. The second kappa shape index (κ2) is 7.69. The van der Waals surface area contributed by atoms with Gasteiger partial charge in [-0.1, -0.05) is 92.2 Å². The first-order valence-electron chi connectivity index (χ1n) is 11.4. The van der Waals surface area contributed by atoms with Crippen molar-refractivity contribution in [1.29, 1.82) is 0 Å². The van der Waals surface area contributed by atoms with Gasteiger partial charge in [0.15, 0.2) is 0 Å². The number of hydrogen-bond donors (Lipinski definition) is 1.